The monoisotopic (exact) mass is 220 g/mol. The number of hydrogen-bond acceptors (Lipinski definition) is 5. The number of ether oxygens (including phenoxy) is 1. The summed E-state index contributed by atoms with van der Waals surface area (Å²) in [6.07, 6.45) is 0. The van der Waals surface area contributed by atoms with Crippen LogP contribution in [0, 0.1) is 0 Å². The van der Waals surface area contributed by atoms with Crippen LogP contribution in [0.5, 0.6) is 5.75 Å². The third kappa shape index (κ3) is 1.52. The zero-order valence-electron chi connectivity index (χ0n) is 8.14. The molecule has 5 nitrogen and oxygen atoms in total. The number of aliphatic hydroxyl groups excluding tert-OH is 1. The van der Waals surface area contributed by atoms with Gasteiger partial charge in [0.05, 0.1) is 11.1 Å². The van der Waals surface area contributed by atoms with Crippen LogP contribution in [0.3, 0.4) is 0 Å². The molecule has 0 saturated carbocycles. The van der Waals surface area contributed by atoms with Crippen molar-refractivity contribution in [2.24, 2.45) is 0 Å². The molecule has 0 unspecified atom stereocenters. The number of ketones is 1. The third-order valence-electron chi connectivity index (χ3n) is 2.25. The van der Waals surface area contributed by atoms with Gasteiger partial charge in [0.1, 0.15) is 18.1 Å². The third-order valence-corrected chi connectivity index (χ3v) is 2.25. The normalized spacial score (nSPS) is 18.5. The molecule has 5 heteroatoms. The number of aromatic hydroxyl groups is 1. The lowest BCUT2D eigenvalue weighted by Gasteiger charge is -2.04. The van der Waals surface area contributed by atoms with Gasteiger partial charge >= 0.3 is 5.97 Å². The predicted molar refractivity (Wildman–Crippen MR) is 53.6 cm³/mol. The molecule has 0 aliphatic carbocycles. The first-order valence-electron chi connectivity index (χ1n) is 4.53. The van der Waals surface area contributed by atoms with E-state index >= 15 is 0 Å². The average molecular weight is 220 g/mol. The second-order valence-electron chi connectivity index (χ2n) is 3.25. The van der Waals surface area contributed by atoms with Crippen molar-refractivity contribution in [2.75, 3.05) is 6.61 Å². The van der Waals surface area contributed by atoms with Crippen molar-refractivity contribution in [3.05, 3.63) is 35.4 Å². The Morgan fingerprint density at radius 2 is 1.94 bits per heavy atom. The van der Waals surface area contributed by atoms with Crippen molar-refractivity contribution in [3.63, 3.8) is 0 Å². The van der Waals surface area contributed by atoms with E-state index in [1.54, 1.807) is 12.1 Å². The van der Waals surface area contributed by atoms with E-state index in [0.29, 0.717) is 0 Å². The summed E-state index contributed by atoms with van der Waals surface area (Å²) in [5.41, 5.74) is -0.0318. The van der Waals surface area contributed by atoms with Crippen molar-refractivity contribution in [1.29, 1.82) is 0 Å². The van der Waals surface area contributed by atoms with Crippen LogP contribution in [-0.2, 0) is 14.3 Å². The maximum absolute atomic E-state index is 11.3. The fraction of sp³-hybridized carbons (Fsp3) is 0.0909. The van der Waals surface area contributed by atoms with Gasteiger partial charge in [-0.25, -0.2) is 4.79 Å². The van der Waals surface area contributed by atoms with E-state index in [0.717, 1.165) is 0 Å². The summed E-state index contributed by atoms with van der Waals surface area (Å²) in [7, 11) is 0. The molecule has 2 N–H and O–H groups in total. The van der Waals surface area contributed by atoms with Crippen LogP contribution >= 0.6 is 0 Å². The van der Waals surface area contributed by atoms with Gasteiger partial charge in [-0.05, 0) is 12.1 Å². The largest absolute Gasteiger partial charge is 0.507 e. The van der Waals surface area contributed by atoms with Crippen LogP contribution in [0.1, 0.15) is 5.56 Å². The molecule has 0 bridgehead atoms. The summed E-state index contributed by atoms with van der Waals surface area (Å²) >= 11 is 0. The lowest BCUT2D eigenvalue weighted by Crippen LogP contribution is -2.08. The van der Waals surface area contributed by atoms with Crippen molar-refractivity contribution < 1.29 is 24.5 Å². The second-order valence-corrected chi connectivity index (χ2v) is 3.25. The maximum atomic E-state index is 11.3. The summed E-state index contributed by atoms with van der Waals surface area (Å²) in [5, 5.41) is 19.2. The molecule has 82 valence electrons. The number of carbonyl (C=O) groups is 2. The molecule has 1 saturated heterocycles. The lowest BCUT2D eigenvalue weighted by molar-refractivity contribution is -0.146. The van der Waals surface area contributed by atoms with E-state index in [1.165, 1.54) is 12.1 Å². The Balaban J connectivity index is 2.50. The van der Waals surface area contributed by atoms with Gasteiger partial charge in [0, 0.05) is 0 Å². The number of benzene rings is 1. The van der Waals surface area contributed by atoms with Gasteiger partial charge in [0.15, 0.2) is 0 Å². The minimum atomic E-state index is -0.989. The molecule has 0 amide bonds. The van der Waals surface area contributed by atoms with E-state index in [2.05, 4.69) is 4.74 Å². The number of cyclic esters (lactones) is 1. The topological polar surface area (TPSA) is 83.8 Å². The first-order chi connectivity index (χ1) is 7.61. The number of carbonyl (C=O) groups excluding carboxylic acids is 2. The molecule has 0 spiro atoms. The van der Waals surface area contributed by atoms with Crippen molar-refractivity contribution in [1.82, 2.24) is 0 Å². The molecule has 1 fully saturated rings. The molecular formula is C11H8O5. The van der Waals surface area contributed by atoms with Crippen molar-refractivity contribution in [2.45, 2.75) is 0 Å². The Morgan fingerprint density at radius 1 is 1.25 bits per heavy atom. The zero-order valence-corrected chi connectivity index (χ0v) is 8.14. The van der Waals surface area contributed by atoms with Crippen molar-refractivity contribution >= 4 is 17.5 Å². The molecule has 2 rings (SSSR count). The minimum Gasteiger partial charge on any atom is -0.507 e. The molecule has 1 heterocycles. The number of phenolic OH excluding ortho intramolecular Hbond substituents is 1. The minimum absolute atomic E-state index is 0.101. The zero-order chi connectivity index (χ0) is 11.7. The molecule has 0 atom stereocenters. The predicted octanol–water partition coefficient (Wildman–Crippen LogP) is 0.787. The first kappa shape index (κ1) is 10.2. The maximum Gasteiger partial charge on any atom is 0.379 e. The fourth-order valence-electron chi connectivity index (χ4n) is 1.40. The van der Waals surface area contributed by atoms with Gasteiger partial charge < -0.3 is 14.9 Å². The SMILES string of the molecule is O=C1OC/C(=C(/O)c2ccccc2O)C1=O. The van der Waals surface area contributed by atoms with Crippen LogP contribution in [0.25, 0.3) is 5.76 Å². The van der Waals surface area contributed by atoms with Gasteiger partial charge in [-0.3, -0.25) is 4.79 Å². The van der Waals surface area contributed by atoms with Crippen LogP contribution in [0.15, 0.2) is 29.8 Å². The molecular weight excluding hydrogens is 212 g/mol. The Bertz CT molecular complexity index is 501. The molecule has 0 radical (unpaired) electrons. The van der Waals surface area contributed by atoms with Crippen LogP contribution in [0.2, 0.25) is 0 Å². The molecule has 16 heavy (non-hydrogen) atoms. The standard InChI is InChI=1S/C11H8O5/c12-8-4-2-1-3-6(8)9(13)7-5-16-11(15)10(7)14/h1-4,12-13H,5H2/b9-7-. The van der Waals surface area contributed by atoms with Crippen LogP contribution in [0.4, 0.5) is 0 Å². The number of hydrogen-bond donors (Lipinski definition) is 2. The summed E-state index contributed by atoms with van der Waals surface area (Å²) < 4.78 is 4.47. The summed E-state index contributed by atoms with van der Waals surface area (Å²) in [5.74, 6) is -2.45. The number of aliphatic hydroxyl groups is 1. The Kier molecular flexibility index (Phi) is 2.36. The molecule has 1 aromatic carbocycles. The van der Waals surface area contributed by atoms with Gasteiger partial charge in [0.25, 0.3) is 5.78 Å². The Morgan fingerprint density at radius 3 is 2.50 bits per heavy atom. The van der Waals surface area contributed by atoms with Gasteiger partial charge in [0.2, 0.25) is 0 Å². The van der Waals surface area contributed by atoms with Crippen LogP contribution < -0.4 is 0 Å². The Hall–Kier alpha value is -2.30. The van der Waals surface area contributed by atoms with E-state index in [-0.39, 0.29) is 23.5 Å². The van der Waals surface area contributed by atoms with E-state index < -0.39 is 17.5 Å². The molecule has 1 aliphatic heterocycles. The molecule has 1 aliphatic rings. The highest BCUT2D eigenvalue weighted by molar-refractivity contribution is 6.43. The lowest BCUT2D eigenvalue weighted by atomic mass is 10.1. The van der Waals surface area contributed by atoms with E-state index in [9.17, 15) is 19.8 Å². The van der Waals surface area contributed by atoms with Crippen LogP contribution in [-0.4, -0.2) is 28.6 Å². The smallest absolute Gasteiger partial charge is 0.379 e. The number of para-hydroxylation sites is 1. The summed E-state index contributed by atoms with van der Waals surface area (Å²) in [6.45, 7) is -0.266. The second kappa shape index (κ2) is 3.69. The van der Waals surface area contributed by atoms with Gasteiger partial charge in [-0.15, -0.1) is 0 Å². The highest BCUT2D eigenvalue weighted by Crippen LogP contribution is 2.27. The molecule has 0 aromatic heterocycles. The average Bonchev–Trinajstić information content (AvgIpc) is 2.60. The number of phenols is 1. The number of esters is 1. The highest BCUT2D eigenvalue weighted by atomic mass is 16.5. The summed E-state index contributed by atoms with van der Waals surface area (Å²) in [6, 6.07) is 5.98. The number of Topliss-reactive ketones (excluding diaryl/α,β-unsaturated/α-hetero) is 1. The van der Waals surface area contributed by atoms with E-state index in [4.69, 9.17) is 0 Å². The fourth-order valence-corrected chi connectivity index (χ4v) is 1.40. The first-order valence-corrected chi connectivity index (χ1v) is 4.53. The molecule has 1 aromatic rings. The quantitative estimate of drug-likeness (QED) is 0.316. The van der Waals surface area contributed by atoms with Gasteiger partial charge in [-0.2, -0.15) is 0 Å². The Labute approximate surface area is 90.6 Å². The van der Waals surface area contributed by atoms with E-state index in [1.807, 2.05) is 0 Å². The van der Waals surface area contributed by atoms with Crippen molar-refractivity contribution in [3.8, 4) is 5.75 Å². The summed E-state index contributed by atoms with van der Waals surface area (Å²) in [4.78, 5) is 22.1. The highest BCUT2D eigenvalue weighted by Gasteiger charge is 2.32. The van der Waals surface area contributed by atoms with Gasteiger partial charge in [-0.1, -0.05) is 12.1 Å². The number of rotatable bonds is 1.